The normalized spacial score (nSPS) is 22.4. The van der Waals surface area contributed by atoms with E-state index in [0.29, 0.717) is 23.8 Å². The summed E-state index contributed by atoms with van der Waals surface area (Å²) in [7, 11) is 0. The SMILES string of the molecule is CC1CN(C(=S)NC(=O)c2ccc(F)cc2)CC(C)O1. The Labute approximate surface area is 122 Å². The second-order valence-corrected chi connectivity index (χ2v) is 5.32. The molecule has 1 fully saturated rings. The minimum absolute atomic E-state index is 0.0689. The van der Waals surface area contributed by atoms with Crippen LogP contribution < -0.4 is 5.32 Å². The Morgan fingerprint density at radius 1 is 1.30 bits per heavy atom. The van der Waals surface area contributed by atoms with Gasteiger partial charge in [0.25, 0.3) is 5.91 Å². The summed E-state index contributed by atoms with van der Waals surface area (Å²) >= 11 is 5.25. The largest absolute Gasteiger partial charge is 0.372 e. The summed E-state index contributed by atoms with van der Waals surface area (Å²) in [5.74, 6) is -0.707. The Morgan fingerprint density at radius 3 is 2.40 bits per heavy atom. The van der Waals surface area contributed by atoms with Crippen LogP contribution in [-0.4, -0.2) is 41.2 Å². The topological polar surface area (TPSA) is 41.6 Å². The molecular weight excluding hydrogens is 279 g/mol. The molecule has 1 N–H and O–H groups in total. The standard InChI is InChI=1S/C14H17FN2O2S/c1-9-7-17(8-10(2)19-9)14(20)16-13(18)11-3-5-12(15)6-4-11/h3-6,9-10H,7-8H2,1-2H3,(H,16,18,20). The third kappa shape index (κ3) is 3.74. The molecule has 1 heterocycles. The number of amides is 1. The molecule has 0 aliphatic carbocycles. The predicted octanol–water partition coefficient (Wildman–Crippen LogP) is 1.95. The Balaban J connectivity index is 1.97. The number of hydrogen-bond acceptors (Lipinski definition) is 3. The van der Waals surface area contributed by atoms with Gasteiger partial charge in [-0.2, -0.15) is 0 Å². The van der Waals surface area contributed by atoms with Crippen LogP contribution in [0.5, 0.6) is 0 Å². The molecule has 20 heavy (non-hydrogen) atoms. The van der Waals surface area contributed by atoms with Gasteiger partial charge in [-0.3, -0.25) is 10.1 Å². The molecule has 2 rings (SSSR count). The average Bonchev–Trinajstić information content (AvgIpc) is 2.38. The van der Waals surface area contributed by atoms with Crippen molar-refractivity contribution < 1.29 is 13.9 Å². The fourth-order valence-electron chi connectivity index (χ4n) is 2.19. The van der Waals surface area contributed by atoms with Gasteiger partial charge in [-0.25, -0.2) is 4.39 Å². The van der Waals surface area contributed by atoms with Crippen LogP contribution in [0, 0.1) is 5.82 Å². The first-order chi connectivity index (χ1) is 9.45. The summed E-state index contributed by atoms with van der Waals surface area (Å²) in [5, 5.41) is 3.04. The van der Waals surface area contributed by atoms with E-state index in [-0.39, 0.29) is 23.9 Å². The van der Waals surface area contributed by atoms with Crippen molar-refractivity contribution in [2.24, 2.45) is 0 Å². The van der Waals surface area contributed by atoms with Gasteiger partial charge < -0.3 is 9.64 Å². The van der Waals surface area contributed by atoms with E-state index < -0.39 is 0 Å². The number of halogens is 1. The van der Waals surface area contributed by atoms with Crippen LogP contribution in [0.1, 0.15) is 24.2 Å². The molecule has 0 saturated carbocycles. The minimum atomic E-state index is -0.375. The summed E-state index contributed by atoms with van der Waals surface area (Å²) < 4.78 is 18.4. The van der Waals surface area contributed by atoms with Gasteiger partial charge in [0.05, 0.1) is 12.2 Å². The maximum absolute atomic E-state index is 12.8. The van der Waals surface area contributed by atoms with Gasteiger partial charge in [-0.05, 0) is 50.3 Å². The second kappa shape index (κ2) is 6.28. The number of rotatable bonds is 1. The van der Waals surface area contributed by atoms with Gasteiger partial charge in [0.15, 0.2) is 5.11 Å². The minimum Gasteiger partial charge on any atom is -0.372 e. The number of morpholine rings is 1. The van der Waals surface area contributed by atoms with Crippen molar-refractivity contribution in [2.75, 3.05) is 13.1 Å². The second-order valence-electron chi connectivity index (χ2n) is 4.93. The van der Waals surface area contributed by atoms with E-state index in [1.54, 1.807) is 0 Å². The molecule has 108 valence electrons. The van der Waals surface area contributed by atoms with E-state index >= 15 is 0 Å². The fourth-order valence-corrected chi connectivity index (χ4v) is 2.44. The first-order valence-corrected chi connectivity index (χ1v) is 6.88. The Bertz CT molecular complexity index is 496. The lowest BCUT2D eigenvalue weighted by Crippen LogP contribution is -2.52. The van der Waals surface area contributed by atoms with E-state index in [1.807, 2.05) is 18.7 Å². The third-order valence-electron chi connectivity index (χ3n) is 3.03. The van der Waals surface area contributed by atoms with Gasteiger partial charge in [-0.1, -0.05) is 0 Å². The summed E-state index contributed by atoms with van der Waals surface area (Å²) in [6.07, 6.45) is 0.138. The van der Waals surface area contributed by atoms with Crippen LogP contribution in [0.15, 0.2) is 24.3 Å². The zero-order valence-corrected chi connectivity index (χ0v) is 12.2. The molecule has 1 aliphatic rings. The molecule has 0 aromatic heterocycles. The zero-order valence-electron chi connectivity index (χ0n) is 11.4. The molecule has 0 spiro atoms. The fraction of sp³-hybridized carbons (Fsp3) is 0.429. The molecule has 1 saturated heterocycles. The number of nitrogens with zero attached hydrogens (tertiary/aromatic N) is 1. The Kier molecular flexibility index (Phi) is 4.67. The van der Waals surface area contributed by atoms with Crippen LogP contribution in [0.3, 0.4) is 0 Å². The first-order valence-electron chi connectivity index (χ1n) is 6.47. The quantitative estimate of drug-likeness (QED) is 0.804. The van der Waals surface area contributed by atoms with Crippen LogP contribution in [0.25, 0.3) is 0 Å². The molecule has 1 aliphatic heterocycles. The van der Waals surface area contributed by atoms with E-state index in [4.69, 9.17) is 17.0 Å². The molecule has 1 amide bonds. The zero-order chi connectivity index (χ0) is 14.7. The van der Waals surface area contributed by atoms with Crippen LogP contribution in [-0.2, 0) is 4.74 Å². The summed E-state index contributed by atoms with van der Waals surface area (Å²) in [6.45, 7) is 5.22. The Hall–Kier alpha value is -1.53. The van der Waals surface area contributed by atoms with Gasteiger partial charge in [0.1, 0.15) is 5.82 Å². The molecule has 0 bridgehead atoms. The first kappa shape index (κ1) is 14.9. The molecular formula is C14H17FN2O2S. The number of ether oxygens (including phenoxy) is 1. The van der Waals surface area contributed by atoms with E-state index in [0.717, 1.165) is 0 Å². The van der Waals surface area contributed by atoms with E-state index in [9.17, 15) is 9.18 Å². The molecule has 1 aromatic carbocycles. The van der Waals surface area contributed by atoms with Crippen LogP contribution in [0.2, 0.25) is 0 Å². The highest BCUT2D eigenvalue weighted by molar-refractivity contribution is 7.80. The predicted molar refractivity (Wildman–Crippen MR) is 78.0 cm³/mol. The van der Waals surface area contributed by atoms with Gasteiger partial charge in [0.2, 0.25) is 0 Å². The van der Waals surface area contributed by atoms with Crippen molar-refractivity contribution in [3.63, 3.8) is 0 Å². The smallest absolute Gasteiger partial charge is 0.257 e. The highest BCUT2D eigenvalue weighted by Gasteiger charge is 2.24. The molecule has 2 unspecified atom stereocenters. The van der Waals surface area contributed by atoms with Crippen molar-refractivity contribution in [3.8, 4) is 0 Å². The molecule has 1 aromatic rings. The van der Waals surface area contributed by atoms with Crippen molar-refractivity contribution in [1.82, 2.24) is 10.2 Å². The van der Waals surface area contributed by atoms with Crippen LogP contribution in [0.4, 0.5) is 4.39 Å². The Morgan fingerprint density at radius 2 is 1.85 bits per heavy atom. The van der Waals surface area contributed by atoms with Gasteiger partial charge in [-0.15, -0.1) is 0 Å². The maximum Gasteiger partial charge on any atom is 0.257 e. The summed E-state index contributed by atoms with van der Waals surface area (Å²) in [5.41, 5.74) is 0.378. The highest BCUT2D eigenvalue weighted by Crippen LogP contribution is 2.11. The van der Waals surface area contributed by atoms with E-state index in [2.05, 4.69) is 5.32 Å². The average molecular weight is 296 g/mol. The number of thiocarbonyl (C=S) groups is 1. The molecule has 4 nitrogen and oxygen atoms in total. The summed E-state index contributed by atoms with van der Waals surface area (Å²) in [6, 6.07) is 5.35. The molecule has 2 atom stereocenters. The van der Waals surface area contributed by atoms with Crippen molar-refractivity contribution in [3.05, 3.63) is 35.6 Å². The molecule has 0 radical (unpaired) electrons. The van der Waals surface area contributed by atoms with Crippen molar-refractivity contribution in [1.29, 1.82) is 0 Å². The van der Waals surface area contributed by atoms with Gasteiger partial charge in [0, 0.05) is 18.7 Å². The van der Waals surface area contributed by atoms with Gasteiger partial charge >= 0.3 is 0 Å². The van der Waals surface area contributed by atoms with Crippen molar-refractivity contribution >= 4 is 23.2 Å². The maximum atomic E-state index is 12.8. The van der Waals surface area contributed by atoms with E-state index in [1.165, 1.54) is 24.3 Å². The lowest BCUT2D eigenvalue weighted by atomic mass is 10.2. The monoisotopic (exact) mass is 296 g/mol. The lowest BCUT2D eigenvalue weighted by molar-refractivity contribution is -0.0481. The number of nitrogens with one attached hydrogen (secondary N) is 1. The number of carbonyl (C=O) groups is 1. The molecule has 6 heteroatoms. The third-order valence-corrected chi connectivity index (χ3v) is 3.39. The number of carbonyl (C=O) groups excluding carboxylic acids is 1. The number of hydrogen-bond donors (Lipinski definition) is 1. The van der Waals surface area contributed by atoms with Crippen molar-refractivity contribution in [2.45, 2.75) is 26.1 Å². The van der Waals surface area contributed by atoms with Crippen LogP contribution >= 0.6 is 12.2 Å². The highest BCUT2D eigenvalue weighted by atomic mass is 32.1. The number of benzene rings is 1. The summed E-state index contributed by atoms with van der Waals surface area (Å²) in [4.78, 5) is 13.9. The lowest BCUT2D eigenvalue weighted by Gasteiger charge is -2.36.